The van der Waals surface area contributed by atoms with Crippen molar-refractivity contribution in [1.82, 2.24) is 15.4 Å². The number of amides is 1. The molecule has 102 valence electrons. The minimum atomic E-state index is -3.11. The van der Waals surface area contributed by atoms with Crippen molar-refractivity contribution in [1.29, 1.82) is 0 Å². The molecule has 0 fully saturated rings. The minimum Gasteiger partial charge on any atom is -0.350 e. The Labute approximate surface area is 104 Å². The van der Waals surface area contributed by atoms with Crippen LogP contribution in [0.5, 0.6) is 0 Å². The summed E-state index contributed by atoms with van der Waals surface area (Å²) in [6.07, 6.45) is 1.77. The van der Waals surface area contributed by atoms with Gasteiger partial charge in [-0.05, 0) is 33.7 Å². The van der Waals surface area contributed by atoms with Crippen molar-refractivity contribution in [2.45, 2.75) is 32.7 Å². The van der Waals surface area contributed by atoms with Crippen molar-refractivity contribution < 1.29 is 13.2 Å². The molecule has 0 aromatic heterocycles. The fourth-order valence-electron chi connectivity index (χ4n) is 1.14. The van der Waals surface area contributed by atoms with Gasteiger partial charge in [0.1, 0.15) is 0 Å². The van der Waals surface area contributed by atoms with Gasteiger partial charge in [-0.2, -0.15) is 0 Å². The Bertz CT molecular complexity index is 333. The van der Waals surface area contributed by atoms with Gasteiger partial charge in [0.25, 0.3) is 0 Å². The van der Waals surface area contributed by atoms with Crippen molar-refractivity contribution in [3.8, 4) is 0 Å². The topological polar surface area (TPSA) is 87.3 Å². The van der Waals surface area contributed by atoms with Crippen molar-refractivity contribution in [2.24, 2.45) is 0 Å². The molecule has 0 heterocycles. The second-order valence-corrected chi connectivity index (χ2v) is 6.83. The van der Waals surface area contributed by atoms with Crippen LogP contribution < -0.4 is 15.4 Å². The van der Waals surface area contributed by atoms with Gasteiger partial charge in [-0.1, -0.05) is 0 Å². The lowest BCUT2D eigenvalue weighted by molar-refractivity contribution is -0.121. The predicted molar refractivity (Wildman–Crippen MR) is 68.2 cm³/mol. The minimum absolute atomic E-state index is 0.0615. The van der Waals surface area contributed by atoms with Crippen LogP contribution in [0.1, 0.15) is 27.2 Å². The molecule has 1 amide bonds. The van der Waals surface area contributed by atoms with Crippen LogP contribution in [0, 0.1) is 0 Å². The first-order chi connectivity index (χ1) is 7.60. The van der Waals surface area contributed by atoms with Crippen LogP contribution >= 0.6 is 0 Å². The van der Waals surface area contributed by atoms with Crippen LogP contribution in [0.25, 0.3) is 0 Å². The van der Waals surface area contributed by atoms with Crippen LogP contribution in [0.15, 0.2) is 0 Å². The second kappa shape index (κ2) is 6.93. The standard InChI is InChI=1S/C10H23N3O3S/c1-10(2,3)13-9(14)8-11-6-5-7-12-17(4,15)16/h11-12H,5-8H2,1-4H3,(H,13,14). The molecule has 0 aromatic rings. The molecule has 0 atom stereocenters. The fraction of sp³-hybridized carbons (Fsp3) is 0.900. The largest absolute Gasteiger partial charge is 0.350 e. The lowest BCUT2D eigenvalue weighted by atomic mass is 10.1. The summed E-state index contributed by atoms with van der Waals surface area (Å²) in [5.41, 5.74) is -0.226. The average molecular weight is 265 g/mol. The Morgan fingerprint density at radius 2 is 1.76 bits per heavy atom. The highest BCUT2D eigenvalue weighted by Gasteiger charge is 2.12. The van der Waals surface area contributed by atoms with Crippen molar-refractivity contribution in [2.75, 3.05) is 25.9 Å². The second-order valence-electron chi connectivity index (χ2n) is 5.00. The summed E-state index contributed by atoms with van der Waals surface area (Å²) >= 11 is 0. The molecule has 0 unspecified atom stereocenters. The van der Waals surface area contributed by atoms with E-state index in [1.807, 2.05) is 20.8 Å². The summed E-state index contributed by atoms with van der Waals surface area (Å²) in [6.45, 7) is 6.98. The number of hydrogen-bond acceptors (Lipinski definition) is 4. The highest BCUT2D eigenvalue weighted by atomic mass is 32.2. The van der Waals surface area contributed by atoms with Crippen LogP contribution in [-0.2, 0) is 14.8 Å². The maximum atomic E-state index is 11.4. The highest BCUT2D eigenvalue weighted by Crippen LogP contribution is 1.96. The zero-order valence-corrected chi connectivity index (χ0v) is 11.8. The Hall–Kier alpha value is -0.660. The van der Waals surface area contributed by atoms with Gasteiger partial charge in [0.15, 0.2) is 0 Å². The van der Waals surface area contributed by atoms with E-state index in [0.717, 1.165) is 6.26 Å². The van der Waals surface area contributed by atoms with E-state index in [0.29, 0.717) is 19.5 Å². The molecule has 0 radical (unpaired) electrons. The van der Waals surface area contributed by atoms with Crippen LogP contribution in [-0.4, -0.2) is 45.8 Å². The van der Waals surface area contributed by atoms with Gasteiger partial charge in [-0.25, -0.2) is 13.1 Å². The molecule has 17 heavy (non-hydrogen) atoms. The summed E-state index contributed by atoms with van der Waals surface area (Å²) in [5.74, 6) is -0.0615. The summed E-state index contributed by atoms with van der Waals surface area (Å²) in [6, 6.07) is 0. The van der Waals surface area contributed by atoms with E-state index in [4.69, 9.17) is 0 Å². The van der Waals surface area contributed by atoms with Crippen LogP contribution in [0.3, 0.4) is 0 Å². The third-order valence-corrected chi connectivity index (χ3v) is 2.42. The monoisotopic (exact) mass is 265 g/mol. The van der Waals surface area contributed by atoms with Gasteiger partial charge in [-0.3, -0.25) is 4.79 Å². The average Bonchev–Trinajstić information content (AvgIpc) is 2.06. The lowest BCUT2D eigenvalue weighted by Crippen LogP contribution is -2.45. The van der Waals surface area contributed by atoms with Crippen molar-refractivity contribution >= 4 is 15.9 Å². The quantitative estimate of drug-likeness (QED) is 0.538. The molecular formula is C10H23N3O3S. The zero-order valence-electron chi connectivity index (χ0n) is 11.0. The third kappa shape index (κ3) is 13.3. The summed E-state index contributed by atoms with van der Waals surface area (Å²) < 4.78 is 23.8. The number of carbonyl (C=O) groups is 1. The van der Waals surface area contributed by atoms with E-state index >= 15 is 0 Å². The highest BCUT2D eigenvalue weighted by molar-refractivity contribution is 7.88. The summed E-state index contributed by atoms with van der Waals surface area (Å²) in [7, 11) is -3.11. The van der Waals surface area contributed by atoms with Gasteiger partial charge < -0.3 is 10.6 Å². The van der Waals surface area contributed by atoms with Gasteiger partial charge in [-0.15, -0.1) is 0 Å². The van der Waals surface area contributed by atoms with Crippen molar-refractivity contribution in [3.63, 3.8) is 0 Å². The van der Waals surface area contributed by atoms with Gasteiger partial charge >= 0.3 is 0 Å². The maximum absolute atomic E-state index is 11.4. The number of sulfonamides is 1. The molecule has 0 aliphatic rings. The first-order valence-electron chi connectivity index (χ1n) is 5.56. The fourth-order valence-corrected chi connectivity index (χ4v) is 1.65. The Morgan fingerprint density at radius 3 is 2.24 bits per heavy atom. The Morgan fingerprint density at radius 1 is 1.18 bits per heavy atom. The summed E-state index contributed by atoms with van der Waals surface area (Å²) in [4.78, 5) is 11.4. The SMILES string of the molecule is CC(C)(C)NC(=O)CNCCCNS(C)(=O)=O. The lowest BCUT2D eigenvalue weighted by Gasteiger charge is -2.20. The van der Waals surface area contributed by atoms with Crippen LogP contribution in [0.2, 0.25) is 0 Å². The van der Waals surface area contributed by atoms with Gasteiger partial charge in [0.2, 0.25) is 15.9 Å². The predicted octanol–water partition coefficient (Wildman–Crippen LogP) is -0.570. The van der Waals surface area contributed by atoms with E-state index in [9.17, 15) is 13.2 Å². The normalized spacial score (nSPS) is 12.5. The molecule has 0 rings (SSSR count). The Balaban J connectivity index is 3.50. The van der Waals surface area contributed by atoms with E-state index in [1.54, 1.807) is 0 Å². The molecule has 0 aliphatic heterocycles. The molecule has 0 spiro atoms. The first kappa shape index (κ1) is 16.3. The number of rotatable bonds is 7. The third-order valence-electron chi connectivity index (χ3n) is 1.69. The van der Waals surface area contributed by atoms with E-state index < -0.39 is 10.0 Å². The molecule has 0 bridgehead atoms. The molecular weight excluding hydrogens is 242 g/mol. The molecule has 7 heteroatoms. The smallest absolute Gasteiger partial charge is 0.234 e. The molecule has 0 aromatic carbocycles. The molecule has 3 N–H and O–H groups in total. The molecule has 0 aliphatic carbocycles. The number of nitrogens with one attached hydrogen (secondary N) is 3. The van der Waals surface area contributed by atoms with Gasteiger partial charge in [0.05, 0.1) is 12.8 Å². The number of hydrogen-bond donors (Lipinski definition) is 3. The molecule has 6 nitrogen and oxygen atoms in total. The van der Waals surface area contributed by atoms with E-state index in [1.165, 1.54) is 0 Å². The molecule has 0 saturated heterocycles. The zero-order chi connectivity index (χ0) is 13.5. The van der Waals surface area contributed by atoms with E-state index in [2.05, 4.69) is 15.4 Å². The van der Waals surface area contributed by atoms with E-state index in [-0.39, 0.29) is 18.0 Å². The number of carbonyl (C=O) groups excluding carboxylic acids is 1. The molecule has 0 saturated carbocycles. The van der Waals surface area contributed by atoms with Gasteiger partial charge in [0, 0.05) is 12.1 Å². The Kier molecular flexibility index (Phi) is 6.66. The summed E-state index contributed by atoms with van der Waals surface area (Å²) in [5, 5.41) is 5.77. The first-order valence-corrected chi connectivity index (χ1v) is 7.46. The van der Waals surface area contributed by atoms with Crippen molar-refractivity contribution in [3.05, 3.63) is 0 Å². The maximum Gasteiger partial charge on any atom is 0.234 e. The van der Waals surface area contributed by atoms with Crippen LogP contribution in [0.4, 0.5) is 0 Å².